The number of nitrogens with one attached hydrogen (secondary N) is 1. The normalized spacial score (nSPS) is 12.0. The standard InChI is InChI=1S/C9H14F3N3O/c1-7-8(15-16-14-7)6-13-5-3-2-4-9(10,11)12/h13H,2-6H2,1H3. The van der Waals surface area contributed by atoms with E-state index in [4.69, 9.17) is 0 Å². The summed E-state index contributed by atoms with van der Waals surface area (Å²) < 4.78 is 39.8. The predicted octanol–water partition coefficient (Wildman–Crippen LogP) is 2.20. The highest BCUT2D eigenvalue weighted by Crippen LogP contribution is 2.21. The number of aryl methyl sites for hydroxylation is 1. The molecular weight excluding hydrogens is 223 g/mol. The van der Waals surface area contributed by atoms with Crippen molar-refractivity contribution in [3.8, 4) is 0 Å². The van der Waals surface area contributed by atoms with Crippen LogP contribution in [0.5, 0.6) is 0 Å². The van der Waals surface area contributed by atoms with Crippen LogP contribution >= 0.6 is 0 Å². The molecule has 1 N–H and O–H groups in total. The van der Waals surface area contributed by atoms with E-state index in [1.54, 1.807) is 6.92 Å². The highest BCUT2D eigenvalue weighted by Gasteiger charge is 2.25. The molecule has 92 valence electrons. The van der Waals surface area contributed by atoms with Crippen LogP contribution in [-0.4, -0.2) is 23.0 Å². The number of aromatic nitrogens is 2. The van der Waals surface area contributed by atoms with Gasteiger partial charge >= 0.3 is 6.18 Å². The molecule has 0 unspecified atom stereocenters. The number of hydrogen-bond acceptors (Lipinski definition) is 4. The Labute approximate surface area is 91.2 Å². The second-order valence-corrected chi connectivity index (χ2v) is 3.55. The average molecular weight is 237 g/mol. The first-order valence-electron chi connectivity index (χ1n) is 5.04. The number of halogens is 3. The van der Waals surface area contributed by atoms with Crippen LogP contribution in [0.2, 0.25) is 0 Å². The summed E-state index contributed by atoms with van der Waals surface area (Å²) >= 11 is 0. The molecule has 0 aliphatic heterocycles. The van der Waals surface area contributed by atoms with Gasteiger partial charge in [-0.05, 0) is 26.3 Å². The molecule has 0 aliphatic rings. The number of unbranched alkanes of at least 4 members (excludes halogenated alkanes) is 1. The van der Waals surface area contributed by atoms with Gasteiger partial charge in [-0.2, -0.15) is 13.2 Å². The second kappa shape index (κ2) is 5.83. The zero-order chi connectivity index (χ0) is 12.0. The Kier molecular flexibility index (Phi) is 4.72. The molecule has 0 spiro atoms. The molecule has 0 atom stereocenters. The second-order valence-electron chi connectivity index (χ2n) is 3.55. The largest absolute Gasteiger partial charge is 0.389 e. The number of alkyl halides is 3. The highest BCUT2D eigenvalue weighted by atomic mass is 19.4. The van der Waals surface area contributed by atoms with Crippen LogP contribution in [-0.2, 0) is 6.54 Å². The quantitative estimate of drug-likeness (QED) is 0.770. The topological polar surface area (TPSA) is 51.0 Å². The van der Waals surface area contributed by atoms with Crippen LogP contribution in [0.3, 0.4) is 0 Å². The fourth-order valence-electron chi connectivity index (χ4n) is 1.19. The Balaban J connectivity index is 2.03. The molecule has 1 aromatic heterocycles. The first-order chi connectivity index (χ1) is 7.49. The Morgan fingerprint density at radius 2 is 2.00 bits per heavy atom. The van der Waals surface area contributed by atoms with Gasteiger partial charge in [0.25, 0.3) is 0 Å². The average Bonchev–Trinajstić information content (AvgIpc) is 2.56. The summed E-state index contributed by atoms with van der Waals surface area (Å²) in [6.07, 6.45) is -4.14. The van der Waals surface area contributed by atoms with E-state index in [-0.39, 0.29) is 6.42 Å². The first kappa shape index (κ1) is 13.0. The van der Waals surface area contributed by atoms with Gasteiger partial charge in [-0.1, -0.05) is 10.3 Å². The molecule has 0 bridgehead atoms. The third-order valence-corrected chi connectivity index (χ3v) is 2.10. The lowest BCUT2D eigenvalue weighted by Crippen LogP contribution is -2.16. The molecule has 0 aliphatic carbocycles. The fraction of sp³-hybridized carbons (Fsp3) is 0.778. The zero-order valence-electron chi connectivity index (χ0n) is 8.97. The Bertz CT molecular complexity index is 311. The van der Waals surface area contributed by atoms with E-state index in [1.807, 2.05) is 0 Å². The van der Waals surface area contributed by atoms with Gasteiger partial charge in [0, 0.05) is 13.0 Å². The minimum Gasteiger partial charge on any atom is -0.311 e. The maximum absolute atomic E-state index is 11.8. The summed E-state index contributed by atoms with van der Waals surface area (Å²) in [7, 11) is 0. The fourth-order valence-corrected chi connectivity index (χ4v) is 1.19. The smallest absolute Gasteiger partial charge is 0.311 e. The Morgan fingerprint density at radius 3 is 2.56 bits per heavy atom. The summed E-state index contributed by atoms with van der Waals surface area (Å²) in [4.78, 5) is 0. The molecule has 1 aromatic rings. The van der Waals surface area contributed by atoms with Crippen LogP contribution in [0.15, 0.2) is 4.63 Å². The van der Waals surface area contributed by atoms with Gasteiger partial charge in [0.2, 0.25) is 0 Å². The van der Waals surface area contributed by atoms with Crippen molar-refractivity contribution in [2.75, 3.05) is 6.54 Å². The maximum Gasteiger partial charge on any atom is 0.389 e. The van der Waals surface area contributed by atoms with Gasteiger partial charge in [0.05, 0.1) is 0 Å². The van der Waals surface area contributed by atoms with Gasteiger partial charge < -0.3 is 5.32 Å². The summed E-state index contributed by atoms with van der Waals surface area (Å²) in [5.74, 6) is 0. The highest BCUT2D eigenvalue weighted by molar-refractivity contribution is 5.03. The van der Waals surface area contributed by atoms with Crippen molar-refractivity contribution < 1.29 is 17.8 Å². The third-order valence-electron chi connectivity index (χ3n) is 2.10. The molecule has 1 rings (SSSR count). The molecule has 7 heteroatoms. The summed E-state index contributed by atoms with van der Waals surface area (Å²) in [6, 6.07) is 0. The van der Waals surface area contributed by atoms with E-state index < -0.39 is 12.6 Å². The van der Waals surface area contributed by atoms with Crippen LogP contribution in [0.1, 0.15) is 30.7 Å². The lowest BCUT2D eigenvalue weighted by Gasteiger charge is -2.06. The minimum atomic E-state index is -4.05. The van der Waals surface area contributed by atoms with Crippen molar-refractivity contribution in [1.29, 1.82) is 0 Å². The monoisotopic (exact) mass is 237 g/mol. The van der Waals surface area contributed by atoms with Crippen molar-refractivity contribution in [2.24, 2.45) is 0 Å². The molecule has 4 nitrogen and oxygen atoms in total. The van der Waals surface area contributed by atoms with Gasteiger partial charge in [-0.25, -0.2) is 4.63 Å². The van der Waals surface area contributed by atoms with Gasteiger partial charge in [-0.3, -0.25) is 0 Å². The van der Waals surface area contributed by atoms with Crippen LogP contribution in [0, 0.1) is 6.92 Å². The lowest BCUT2D eigenvalue weighted by atomic mass is 10.2. The molecule has 1 heterocycles. The van der Waals surface area contributed by atoms with Crippen molar-refractivity contribution in [1.82, 2.24) is 15.6 Å². The molecule has 0 radical (unpaired) electrons. The lowest BCUT2D eigenvalue weighted by molar-refractivity contribution is -0.135. The van der Waals surface area contributed by atoms with E-state index in [1.165, 1.54) is 0 Å². The van der Waals surface area contributed by atoms with E-state index in [0.717, 1.165) is 0 Å². The number of rotatable bonds is 6. The molecule has 16 heavy (non-hydrogen) atoms. The van der Waals surface area contributed by atoms with Gasteiger partial charge in [0.15, 0.2) is 0 Å². The summed E-state index contributed by atoms with van der Waals surface area (Å²) in [5, 5.41) is 10.2. The van der Waals surface area contributed by atoms with Crippen molar-refractivity contribution in [3.05, 3.63) is 11.4 Å². The van der Waals surface area contributed by atoms with Crippen LogP contribution < -0.4 is 5.32 Å². The van der Waals surface area contributed by atoms with E-state index >= 15 is 0 Å². The Morgan fingerprint density at radius 1 is 1.25 bits per heavy atom. The third kappa shape index (κ3) is 5.11. The molecule has 0 amide bonds. The van der Waals surface area contributed by atoms with E-state index in [2.05, 4.69) is 20.3 Å². The van der Waals surface area contributed by atoms with Gasteiger partial charge in [-0.15, -0.1) is 0 Å². The van der Waals surface area contributed by atoms with E-state index in [0.29, 0.717) is 30.9 Å². The van der Waals surface area contributed by atoms with Crippen molar-refractivity contribution >= 4 is 0 Å². The minimum absolute atomic E-state index is 0.145. The zero-order valence-corrected chi connectivity index (χ0v) is 8.97. The van der Waals surface area contributed by atoms with Gasteiger partial charge in [0.1, 0.15) is 11.4 Å². The number of nitrogens with zero attached hydrogens (tertiary/aromatic N) is 2. The van der Waals surface area contributed by atoms with Crippen molar-refractivity contribution in [2.45, 2.75) is 38.9 Å². The molecule has 0 saturated carbocycles. The molecule has 0 aromatic carbocycles. The summed E-state index contributed by atoms with van der Waals surface area (Å²) in [6.45, 7) is 2.76. The van der Waals surface area contributed by atoms with Crippen LogP contribution in [0.4, 0.5) is 13.2 Å². The molecular formula is C9H14F3N3O. The molecule has 0 saturated heterocycles. The van der Waals surface area contributed by atoms with Crippen LogP contribution in [0.25, 0.3) is 0 Å². The number of hydrogen-bond donors (Lipinski definition) is 1. The molecule has 0 fully saturated rings. The summed E-state index contributed by atoms with van der Waals surface area (Å²) in [5.41, 5.74) is 1.39. The maximum atomic E-state index is 11.8. The predicted molar refractivity (Wildman–Crippen MR) is 50.6 cm³/mol. The Hall–Kier alpha value is -1.11. The first-order valence-corrected chi connectivity index (χ1v) is 5.04. The SMILES string of the molecule is Cc1nonc1CNCCCCC(F)(F)F. The van der Waals surface area contributed by atoms with E-state index in [9.17, 15) is 13.2 Å². The van der Waals surface area contributed by atoms with Crippen molar-refractivity contribution in [3.63, 3.8) is 0 Å².